The van der Waals surface area contributed by atoms with E-state index in [2.05, 4.69) is 15.3 Å². The molecule has 1 aromatic carbocycles. The molecule has 0 atom stereocenters. The van der Waals surface area contributed by atoms with E-state index in [1.165, 1.54) is 28.6 Å². The number of aromatic nitrogens is 2. The second kappa shape index (κ2) is 7.25. The van der Waals surface area contributed by atoms with Crippen LogP contribution in [-0.2, 0) is 24.2 Å². The number of carbonyl (C=O) groups excluding carboxylic acids is 1. The predicted octanol–water partition coefficient (Wildman–Crippen LogP) is 3.63. The average Bonchev–Trinajstić information content (AvgIpc) is 3.39. The van der Waals surface area contributed by atoms with E-state index in [1.807, 2.05) is 25.1 Å². The van der Waals surface area contributed by atoms with Crippen LogP contribution in [0.2, 0.25) is 0 Å². The summed E-state index contributed by atoms with van der Waals surface area (Å²) in [5, 5.41) is 5.07. The van der Waals surface area contributed by atoms with Gasteiger partial charge in [-0.3, -0.25) is 4.79 Å². The Morgan fingerprint density at radius 3 is 3.07 bits per heavy atom. The maximum Gasteiger partial charge on any atom is 0.231 e. The molecular formula is C20H19N3O3S2. The Balaban J connectivity index is 1.25. The van der Waals surface area contributed by atoms with Gasteiger partial charge in [-0.25, -0.2) is 9.97 Å². The highest BCUT2D eigenvalue weighted by Crippen LogP contribution is 2.40. The fourth-order valence-corrected chi connectivity index (χ4v) is 5.91. The second-order valence-electron chi connectivity index (χ2n) is 6.87. The summed E-state index contributed by atoms with van der Waals surface area (Å²) >= 11 is 3.28. The van der Waals surface area contributed by atoms with Gasteiger partial charge in [0.15, 0.2) is 11.5 Å². The van der Waals surface area contributed by atoms with Gasteiger partial charge in [-0.1, -0.05) is 17.8 Å². The fraction of sp³-hybridized carbons (Fsp3) is 0.350. The van der Waals surface area contributed by atoms with E-state index in [-0.39, 0.29) is 12.7 Å². The van der Waals surface area contributed by atoms with E-state index in [0.717, 1.165) is 51.0 Å². The topological polar surface area (TPSA) is 73.3 Å². The molecule has 0 saturated carbocycles. The van der Waals surface area contributed by atoms with E-state index in [9.17, 15) is 4.79 Å². The van der Waals surface area contributed by atoms with E-state index >= 15 is 0 Å². The van der Waals surface area contributed by atoms with E-state index in [1.54, 1.807) is 11.3 Å². The van der Waals surface area contributed by atoms with Crippen molar-refractivity contribution in [2.45, 2.75) is 37.8 Å². The Morgan fingerprint density at radius 1 is 1.25 bits per heavy atom. The molecule has 2 aromatic heterocycles. The third-order valence-electron chi connectivity index (χ3n) is 4.91. The summed E-state index contributed by atoms with van der Waals surface area (Å²) in [6, 6.07) is 5.71. The number of carbonyl (C=O) groups is 1. The van der Waals surface area contributed by atoms with Crippen LogP contribution >= 0.6 is 23.1 Å². The molecule has 0 bridgehead atoms. The number of hydrogen-bond acceptors (Lipinski definition) is 7. The summed E-state index contributed by atoms with van der Waals surface area (Å²) in [5.74, 6) is 2.55. The Hall–Kier alpha value is -2.32. The quantitative estimate of drug-likeness (QED) is 0.509. The smallest absolute Gasteiger partial charge is 0.231 e. The Labute approximate surface area is 170 Å². The Bertz CT molecular complexity index is 1080. The van der Waals surface area contributed by atoms with E-state index in [0.29, 0.717) is 12.3 Å². The first-order chi connectivity index (χ1) is 13.7. The number of aryl methyl sites for hydroxylation is 3. The van der Waals surface area contributed by atoms with Gasteiger partial charge < -0.3 is 14.8 Å². The highest BCUT2D eigenvalue weighted by molar-refractivity contribution is 8.00. The standard InChI is InChI=1S/C20H19N3O3S2/c1-11-22-19(18-13-3-2-4-16(13)28-20(18)23-11)27-9-17(24)21-8-12-5-6-14-15(7-12)26-10-25-14/h5-7H,2-4,8-10H2,1H3,(H,21,24). The van der Waals surface area contributed by atoms with Gasteiger partial charge in [-0.05, 0) is 49.4 Å². The zero-order valence-electron chi connectivity index (χ0n) is 15.4. The number of thiophene rings is 1. The van der Waals surface area contributed by atoms with Crippen molar-refractivity contribution in [1.82, 2.24) is 15.3 Å². The van der Waals surface area contributed by atoms with Crippen molar-refractivity contribution in [3.05, 3.63) is 40.0 Å². The third kappa shape index (κ3) is 3.31. The van der Waals surface area contributed by atoms with Crippen molar-refractivity contribution < 1.29 is 14.3 Å². The van der Waals surface area contributed by atoms with Crippen LogP contribution in [0.4, 0.5) is 0 Å². The van der Waals surface area contributed by atoms with Gasteiger partial charge >= 0.3 is 0 Å². The first kappa shape index (κ1) is 17.8. The molecule has 8 heteroatoms. The summed E-state index contributed by atoms with van der Waals surface area (Å²) in [6.07, 6.45) is 3.42. The molecule has 28 heavy (non-hydrogen) atoms. The van der Waals surface area contributed by atoms with Crippen LogP contribution in [0.5, 0.6) is 11.5 Å². The molecule has 0 spiro atoms. The number of nitrogens with one attached hydrogen (secondary N) is 1. The van der Waals surface area contributed by atoms with Crippen LogP contribution in [0.3, 0.4) is 0 Å². The summed E-state index contributed by atoms with van der Waals surface area (Å²) in [5.41, 5.74) is 2.38. The minimum absolute atomic E-state index is 0.0149. The molecule has 0 fully saturated rings. The molecule has 3 heterocycles. The van der Waals surface area contributed by atoms with Gasteiger partial charge in [0.05, 0.1) is 5.75 Å². The zero-order chi connectivity index (χ0) is 19.1. The Morgan fingerprint density at radius 2 is 2.14 bits per heavy atom. The van der Waals surface area contributed by atoms with Crippen LogP contribution in [0.25, 0.3) is 10.2 Å². The van der Waals surface area contributed by atoms with Gasteiger partial charge in [0.1, 0.15) is 15.7 Å². The lowest BCUT2D eigenvalue weighted by Crippen LogP contribution is -2.24. The number of hydrogen-bond donors (Lipinski definition) is 1. The maximum absolute atomic E-state index is 12.4. The first-order valence-electron chi connectivity index (χ1n) is 9.24. The third-order valence-corrected chi connectivity index (χ3v) is 7.07. The molecule has 1 aliphatic carbocycles. The van der Waals surface area contributed by atoms with Gasteiger partial charge in [-0.15, -0.1) is 11.3 Å². The highest BCUT2D eigenvalue weighted by atomic mass is 32.2. The highest BCUT2D eigenvalue weighted by Gasteiger charge is 2.22. The lowest BCUT2D eigenvalue weighted by Gasteiger charge is -2.08. The van der Waals surface area contributed by atoms with Crippen LogP contribution in [0, 0.1) is 6.92 Å². The van der Waals surface area contributed by atoms with Crippen molar-refractivity contribution in [3.63, 3.8) is 0 Å². The minimum atomic E-state index is -0.0149. The van der Waals surface area contributed by atoms with Gasteiger partial charge in [0.25, 0.3) is 0 Å². The normalized spacial score (nSPS) is 14.5. The molecule has 0 saturated heterocycles. The van der Waals surface area contributed by atoms with E-state index in [4.69, 9.17) is 9.47 Å². The van der Waals surface area contributed by atoms with Crippen LogP contribution < -0.4 is 14.8 Å². The molecule has 5 rings (SSSR count). The maximum atomic E-state index is 12.4. The summed E-state index contributed by atoms with van der Waals surface area (Å²) in [6.45, 7) is 2.62. The lowest BCUT2D eigenvalue weighted by molar-refractivity contribution is -0.118. The minimum Gasteiger partial charge on any atom is -0.454 e. The van der Waals surface area contributed by atoms with Crippen LogP contribution in [0.15, 0.2) is 23.2 Å². The monoisotopic (exact) mass is 413 g/mol. The summed E-state index contributed by atoms with van der Waals surface area (Å²) < 4.78 is 10.7. The number of benzene rings is 1. The number of thioether (sulfide) groups is 1. The molecule has 1 aliphatic heterocycles. The molecule has 0 radical (unpaired) electrons. The lowest BCUT2D eigenvalue weighted by atomic mass is 10.2. The predicted molar refractivity (Wildman–Crippen MR) is 109 cm³/mol. The van der Waals surface area contributed by atoms with Crippen molar-refractivity contribution in [3.8, 4) is 11.5 Å². The van der Waals surface area contributed by atoms with Gasteiger partial charge in [-0.2, -0.15) is 0 Å². The number of rotatable bonds is 5. The SMILES string of the molecule is Cc1nc(SCC(=O)NCc2ccc3c(c2)OCO3)c2c3c(sc2n1)CCC3. The average molecular weight is 414 g/mol. The molecule has 1 amide bonds. The number of fused-ring (bicyclic) bond motifs is 4. The molecule has 144 valence electrons. The van der Waals surface area contributed by atoms with Crippen molar-refractivity contribution in [2.24, 2.45) is 0 Å². The van der Waals surface area contributed by atoms with Crippen molar-refractivity contribution >= 4 is 39.2 Å². The summed E-state index contributed by atoms with van der Waals surface area (Å²) in [4.78, 5) is 24.1. The first-order valence-corrected chi connectivity index (χ1v) is 11.0. The largest absolute Gasteiger partial charge is 0.454 e. The molecule has 6 nitrogen and oxygen atoms in total. The Kier molecular flexibility index (Phi) is 4.60. The van der Waals surface area contributed by atoms with Gasteiger partial charge in [0.2, 0.25) is 12.7 Å². The molecule has 2 aliphatic rings. The number of ether oxygens (including phenoxy) is 2. The molecule has 0 unspecified atom stereocenters. The second-order valence-corrected chi connectivity index (χ2v) is 8.91. The zero-order valence-corrected chi connectivity index (χ0v) is 17.0. The van der Waals surface area contributed by atoms with E-state index < -0.39 is 0 Å². The summed E-state index contributed by atoms with van der Waals surface area (Å²) in [7, 11) is 0. The van der Waals surface area contributed by atoms with Gasteiger partial charge in [0, 0.05) is 16.8 Å². The van der Waals surface area contributed by atoms with Crippen LogP contribution in [0.1, 0.15) is 28.2 Å². The molecular weight excluding hydrogens is 394 g/mol. The van der Waals surface area contributed by atoms with Crippen molar-refractivity contribution in [2.75, 3.05) is 12.5 Å². The molecule has 3 aromatic rings. The fourth-order valence-electron chi connectivity index (χ4n) is 3.60. The van der Waals surface area contributed by atoms with Crippen molar-refractivity contribution in [1.29, 1.82) is 0 Å². The van der Waals surface area contributed by atoms with Crippen LogP contribution in [-0.4, -0.2) is 28.4 Å². The number of nitrogens with zero attached hydrogens (tertiary/aromatic N) is 2. The molecule has 1 N–H and O–H groups in total. The number of amides is 1.